The fraction of sp³-hybridized carbons (Fsp3) is 0.636. The highest BCUT2D eigenvalue weighted by Crippen LogP contribution is 2.39. The van der Waals surface area contributed by atoms with E-state index in [9.17, 15) is 9.59 Å². The molecule has 1 aromatic carbocycles. The molecule has 0 radical (unpaired) electrons. The van der Waals surface area contributed by atoms with Crippen molar-refractivity contribution in [1.29, 1.82) is 0 Å². The van der Waals surface area contributed by atoms with Gasteiger partial charge in [0.2, 0.25) is 11.8 Å². The van der Waals surface area contributed by atoms with Crippen molar-refractivity contribution in [3.8, 4) is 5.75 Å². The zero-order valence-corrected chi connectivity index (χ0v) is 17.2. The van der Waals surface area contributed by atoms with Gasteiger partial charge in [0.05, 0.1) is 26.3 Å². The summed E-state index contributed by atoms with van der Waals surface area (Å²) in [5.74, 6) is 0.632. The number of nitrogens with zero attached hydrogens (tertiary/aromatic N) is 2. The van der Waals surface area contributed by atoms with Gasteiger partial charge in [-0.25, -0.2) is 0 Å². The molecule has 0 atom stereocenters. The molecule has 7 heteroatoms. The number of amides is 2. The van der Waals surface area contributed by atoms with Crippen LogP contribution in [0.25, 0.3) is 0 Å². The minimum absolute atomic E-state index is 0.0317. The first kappa shape index (κ1) is 20.2. The first-order valence-corrected chi connectivity index (χ1v) is 10.7. The summed E-state index contributed by atoms with van der Waals surface area (Å²) in [6.45, 7) is 6.19. The van der Waals surface area contributed by atoms with Gasteiger partial charge in [0.1, 0.15) is 11.4 Å². The van der Waals surface area contributed by atoms with Gasteiger partial charge in [-0.1, -0.05) is 18.2 Å². The Morgan fingerprint density at radius 2 is 1.90 bits per heavy atom. The lowest BCUT2D eigenvalue weighted by Gasteiger charge is -2.45. The third-order valence-corrected chi connectivity index (χ3v) is 6.41. The van der Waals surface area contributed by atoms with E-state index < -0.39 is 0 Å². The number of carbonyl (C=O) groups is 2. The van der Waals surface area contributed by atoms with Gasteiger partial charge >= 0.3 is 0 Å². The maximum Gasteiger partial charge on any atom is 0.242 e. The van der Waals surface area contributed by atoms with Gasteiger partial charge in [0.15, 0.2) is 0 Å². The smallest absolute Gasteiger partial charge is 0.242 e. The average molecular weight is 402 g/mol. The van der Waals surface area contributed by atoms with Gasteiger partial charge < -0.3 is 19.7 Å². The number of ether oxygens (including phenoxy) is 2. The summed E-state index contributed by atoms with van der Waals surface area (Å²) in [7, 11) is 0. The van der Waals surface area contributed by atoms with Crippen LogP contribution in [-0.2, 0) is 20.9 Å². The van der Waals surface area contributed by atoms with E-state index in [1.807, 2.05) is 29.2 Å². The van der Waals surface area contributed by atoms with Gasteiger partial charge in [-0.2, -0.15) is 0 Å². The fourth-order valence-corrected chi connectivity index (χ4v) is 4.79. The minimum Gasteiger partial charge on any atom is -0.485 e. The SMILES string of the molecule is CC(=O)NCC(=O)N1Cc2ccccc2OC2(CCC(N3CCOCC3)CC2)C1. The summed E-state index contributed by atoms with van der Waals surface area (Å²) >= 11 is 0. The molecule has 158 valence electrons. The summed E-state index contributed by atoms with van der Waals surface area (Å²) in [5, 5.41) is 2.64. The van der Waals surface area contributed by atoms with Crippen LogP contribution in [0, 0.1) is 0 Å². The molecule has 1 saturated heterocycles. The van der Waals surface area contributed by atoms with Crippen molar-refractivity contribution in [2.45, 2.75) is 50.8 Å². The predicted molar refractivity (Wildman–Crippen MR) is 109 cm³/mol. The van der Waals surface area contributed by atoms with Crippen molar-refractivity contribution in [3.05, 3.63) is 29.8 Å². The number of fused-ring (bicyclic) bond motifs is 1. The Morgan fingerprint density at radius 1 is 1.17 bits per heavy atom. The highest BCUT2D eigenvalue weighted by molar-refractivity contribution is 5.83. The van der Waals surface area contributed by atoms with Gasteiger partial charge in [-0.05, 0) is 31.7 Å². The van der Waals surface area contributed by atoms with Crippen molar-refractivity contribution in [3.63, 3.8) is 0 Å². The number of nitrogens with one attached hydrogen (secondary N) is 1. The molecule has 0 bridgehead atoms. The number of hydrogen-bond acceptors (Lipinski definition) is 5. The monoisotopic (exact) mass is 401 g/mol. The van der Waals surface area contributed by atoms with Crippen LogP contribution >= 0.6 is 0 Å². The predicted octanol–water partition coefficient (Wildman–Crippen LogP) is 1.56. The van der Waals surface area contributed by atoms with Crippen LogP contribution in [-0.4, -0.2) is 72.6 Å². The first-order valence-electron chi connectivity index (χ1n) is 10.7. The van der Waals surface area contributed by atoms with Crippen molar-refractivity contribution < 1.29 is 19.1 Å². The van der Waals surface area contributed by atoms with E-state index in [1.54, 1.807) is 0 Å². The quantitative estimate of drug-likeness (QED) is 0.832. The summed E-state index contributed by atoms with van der Waals surface area (Å²) in [6, 6.07) is 8.56. The van der Waals surface area contributed by atoms with Crippen LogP contribution < -0.4 is 10.1 Å². The molecule has 0 unspecified atom stereocenters. The molecule has 2 heterocycles. The standard InChI is InChI=1S/C22H31N3O4/c1-17(26)23-14-21(27)25-15-18-4-2-3-5-20(18)29-22(16-25)8-6-19(7-9-22)24-10-12-28-13-11-24/h2-5,19H,6-16H2,1H3,(H,23,26). The summed E-state index contributed by atoms with van der Waals surface area (Å²) in [4.78, 5) is 28.5. The second kappa shape index (κ2) is 8.71. The van der Waals surface area contributed by atoms with Crippen molar-refractivity contribution in [2.75, 3.05) is 39.4 Å². The Morgan fingerprint density at radius 3 is 2.62 bits per heavy atom. The fourth-order valence-electron chi connectivity index (χ4n) is 4.79. The normalized spacial score (nSPS) is 27.6. The molecule has 1 aliphatic carbocycles. The highest BCUT2D eigenvalue weighted by Gasteiger charge is 2.43. The maximum absolute atomic E-state index is 12.8. The van der Waals surface area contributed by atoms with E-state index in [4.69, 9.17) is 9.47 Å². The highest BCUT2D eigenvalue weighted by atomic mass is 16.5. The van der Waals surface area contributed by atoms with Crippen molar-refractivity contribution in [2.24, 2.45) is 0 Å². The maximum atomic E-state index is 12.8. The van der Waals surface area contributed by atoms with E-state index in [2.05, 4.69) is 10.2 Å². The van der Waals surface area contributed by atoms with E-state index in [-0.39, 0.29) is 24.0 Å². The van der Waals surface area contributed by atoms with Gasteiger partial charge in [-0.3, -0.25) is 14.5 Å². The van der Waals surface area contributed by atoms with Crippen molar-refractivity contribution in [1.82, 2.24) is 15.1 Å². The molecule has 2 aliphatic heterocycles. The topological polar surface area (TPSA) is 71.1 Å². The molecule has 1 spiro atoms. The minimum atomic E-state index is -0.360. The molecule has 1 saturated carbocycles. The Balaban J connectivity index is 1.50. The molecule has 4 rings (SSSR count). The first-order chi connectivity index (χ1) is 14.0. The molecule has 7 nitrogen and oxygen atoms in total. The third kappa shape index (κ3) is 4.73. The van der Waals surface area contributed by atoms with Crippen LogP contribution in [0.2, 0.25) is 0 Å². The average Bonchev–Trinajstić information content (AvgIpc) is 2.90. The molecule has 0 aromatic heterocycles. The second-order valence-electron chi connectivity index (χ2n) is 8.43. The lowest BCUT2D eigenvalue weighted by molar-refractivity contribution is -0.136. The molecular formula is C22H31N3O4. The number of rotatable bonds is 3. The van der Waals surface area contributed by atoms with Gasteiger partial charge in [0.25, 0.3) is 0 Å². The molecule has 2 amide bonds. The number of benzene rings is 1. The number of morpholine rings is 1. The zero-order valence-electron chi connectivity index (χ0n) is 17.2. The second-order valence-corrected chi connectivity index (χ2v) is 8.43. The largest absolute Gasteiger partial charge is 0.485 e. The van der Waals surface area contributed by atoms with E-state index in [0.29, 0.717) is 19.1 Å². The van der Waals surface area contributed by atoms with E-state index >= 15 is 0 Å². The Labute approximate surface area is 172 Å². The lowest BCUT2D eigenvalue weighted by Crippen LogP contribution is -2.54. The molecule has 29 heavy (non-hydrogen) atoms. The Bertz CT molecular complexity index is 739. The molecule has 1 aromatic rings. The van der Waals surface area contributed by atoms with E-state index in [0.717, 1.165) is 63.3 Å². The molecular weight excluding hydrogens is 370 g/mol. The molecule has 3 aliphatic rings. The van der Waals surface area contributed by atoms with Crippen molar-refractivity contribution >= 4 is 11.8 Å². The molecule has 1 N–H and O–H groups in total. The van der Waals surface area contributed by atoms with E-state index in [1.165, 1.54) is 6.92 Å². The summed E-state index contributed by atoms with van der Waals surface area (Å²) in [5.41, 5.74) is 0.664. The summed E-state index contributed by atoms with van der Waals surface area (Å²) < 4.78 is 12.1. The van der Waals surface area contributed by atoms with Crippen LogP contribution in [0.1, 0.15) is 38.2 Å². The van der Waals surface area contributed by atoms with Gasteiger partial charge in [0, 0.05) is 38.2 Å². The van der Waals surface area contributed by atoms with Crippen LogP contribution in [0.4, 0.5) is 0 Å². The summed E-state index contributed by atoms with van der Waals surface area (Å²) in [6.07, 6.45) is 3.98. The Kier molecular flexibility index (Phi) is 6.06. The number of para-hydroxylation sites is 1. The van der Waals surface area contributed by atoms with Gasteiger partial charge in [-0.15, -0.1) is 0 Å². The Hall–Kier alpha value is -2.12. The van der Waals surface area contributed by atoms with Crippen LogP contribution in [0.3, 0.4) is 0 Å². The number of hydrogen-bond donors (Lipinski definition) is 1. The number of carbonyl (C=O) groups excluding carboxylic acids is 2. The zero-order chi connectivity index (χ0) is 20.3. The molecule has 2 fully saturated rings. The van der Waals surface area contributed by atoms with Crippen LogP contribution in [0.5, 0.6) is 5.75 Å². The third-order valence-electron chi connectivity index (χ3n) is 6.41. The lowest BCUT2D eigenvalue weighted by atomic mass is 9.80. The van der Waals surface area contributed by atoms with Crippen LogP contribution in [0.15, 0.2) is 24.3 Å².